The van der Waals surface area contributed by atoms with E-state index in [0.717, 1.165) is 25.0 Å². The van der Waals surface area contributed by atoms with Crippen LogP contribution in [0.5, 0.6) is 0 Å². The van der Waals surface area contributed by atoms with E-state index < -0.39 is 5.97 Å². The molecule has 0 unspecified atom stereocenters. The Morgan fingerprint density at radius 2 is 1.81 bits per heavy atom. The Bertz CT molecular complexity index is 1360. The Kier molecular flexibility index (Phi) is 11.5. The lowest BCUT2D eigenvalue weighted by Crippen LogP contribution is -2.13. The number of nitrogens with zero attached hydrogens (tertiary/aromatic N) is 3. The summed E-state index contributed by atoms with van der Waals surface area (Å²) in [7, 11) is 0. The fourth-order valence-electron chi connectivity index (χ4n) is 3.26. The van der Waals surface area contributed by atoms with Crippen molar-refractivity contribution in [2.24, 2.45) is 0 Å². The van der Waals surface area contributed by atoms with Gasteiger partial charge in [0.25, 0.3) is 0 Å². The van der Waals surface area contributed by atoms with Crippen molar-refractivity contribution in [1.29, 1.82) is 0 Å². The summed E-state index contributed by atoms with van der Waals surface area (Å²) < 4.78 is 6.56. The maximum absolute atomic E-state index is 12.7. The van der Waals surface area contributed by atoms with E-state index in [0.29, 0.717) is 16.5 Å². The maximum Gasteiger partial charge on any atom is 0.356 e. The molecule has 0 fully saturated rings. The number of ether oxygens (including phenoxy) is 1. The quantitative estimate of drug-likeness (QED) is 0.152. The lowest BCUT2D eigenvalue weighted by Gasteiger charge is -2.16. The number of aromatic nitrogens is 4. The molecule has 0 atom stereocenters. The van der Waals surface area contributed by atoms with Crippen molar-refractivity contribution in [1.82, 2.24) is 19.8 Å². The second kappa shape index (κ2) is 14.6. The average molecular weight is 503 g/mol. The predicted molar refractivity (Wildman–Crippen MR) is 143 cm³/mol. The third kappa shape index (κ3) is 9.10. The van der Waals surface area contributed by atoms with Crippen LogP contribution < -0.4 is 0 Å². The van der Waals surface area contributed by atoms with E-state index in [9.17, 15) is 4.79 Å². The summed E-state index contributed by atoms with van der Waals surface area (Å²) in [5.74, 6) is 14.0. The predicted octanol–water partition coefficient (Wildman–Crippen LogP) is 5.53. The van der Waals surface area contributed by atoms with Crippen LogP contribution in [0.1, 0.15) is 84.2 Å². The molecule has 0 saturated carbocycles. The Balaban J connectivity index is 2.17. The van der Waals surface area contributed by atoms with Gasteiger partial charge in [0.1, 0.15) is 11.1 Å². The number of rotatable bonds is 10. The molecule has 0 spiro atoms. The van der Waals surface area contributed by atoms with Gasteiger partial charge < -0.3 is 4.74 Å². The van der Waals surface area contributed by atoms with Crippen LogP contribution in [0, 0.1) is 48.1 Å². The number of halogens is 1. The first-order chi connectivity index (χ1) is 17.3. The van der Waals surface area contributed by atoms with E-state index in [1.54, 1.807) is 0 Å². The molecule has 0 aliphatic carbocycles. The van der Waals surface area contributed by atoms with Gasteiger partial charge in [-0.05, 0) is 36.7 Å². The van der Waals surface area contributed by atoms with Gasteiger partial charge in [0.15, 0.2) is 11.5 Å². The minimum absolute atomic E-state index is 0.115. The molecule has 6 nitrogen and oxygen atoms in total. The second-order valence-electron chi connectivity index (χ2n) is 9.14. The molecule has 2 aromatic heterocycles. The molecule has 2 rings (SSSR count). The van der Waals surface area contributed by atoms with Crippen LogP contribution in [-0.4, -0.2) is 25.8 Å². The summed E-state index contributed by atoms with van der Waals surface area (Å²) in [6, 6.07) is 0. The molecule has 2 heterocycles. The largest absolute Gasteiger partial charge is 0.367 e. The van der Waals surface area contributed by atoms with E-state index in [-0.39, 0.29) is 17.4 Å². The number of terminal acetylenes is 1. The van der Waals surface area contributed by atoms with Crippen LogP contribution in [0.2, 0.25) is 5.02 Å². The topological polar surface area (TPSA) is 72.3 Å². The van der Waals surface area contributed by atoms with Crippen molar-refractivity contribution < 1.29 is 9.53 Å². The molecule has 0 saturated heterocycles. The van der Waals surface area contributed by atoms with Crippen molar-refractivity contribution in [3.8, 4) is 48.1 Å². The van der Waals surface area contributed by atoms with Crippen LogP contribution in [-0.2, 0) is 21.4 Å². The van der Waals surface area contributed by atoms with Gasteiger partial charge in [0, 0.05) is 29.6 Å². The number of carbonyl (C=O) groups excluding carboxylic acids is 1. The van der Waals surface area contributed by atoms with Crippen LogP contribution in [0.25, 0.3) is 5.65 Å². The van der Waals surface area contributed by atoms with Crippen LogP contribution >= 0.6 is 11.6 Å². The third-order valence-electron chi connectivity index (χ3n) is 5.11. The summed E-state index contributed by atoms with van der Waals surface area (Å²) >= 11 is 6.52. The van der Waals surface area contributed by atoms with Crippen LogP contribution in [0.15, 0.2) is 17.4 Å². The van der Waals surface area contributed by atoms with Crippen molar-refractivity contribution in [3.05, 3.63) is 33.9 Å². The van der Waals surface area contributed by atoms with Gasteiger partial charge in [-0.25, -0.2) is 9.78 Å². The Hall–Kier alpha value is -3.80. The number of esters is 1. The van der Waals surface area contributed by atoms with Gasteiger partial charge in [-0.15, -0.1) is 17.3 Å². The van der Waals surface area contributed by atoms with E-state index >= 15 is 0 Å². The fourth-order valence-corrected chi connectivity index (χ4v) is 3.71. The third-order valence-corrected chi connectivity index (χ3v) is 5.47. The molecular weight excluding hydrogens is 472 g/mol. The zero-order valence-electron chi connectivity index (χ0n) is 21.3. The smallest absolute Gasteiger partial charge is 0.356 e. The summed E-state index contributed by atoms with van der Waals surface area (Å²) in [5, 5.41) is 8.12. The average Bonchev–Trinajstić information content (AvgIpc) is 3.37. The van der Waals surface area contributed by atoms with Gasteiger partial charge in [-0.1, -0.05) is 71.4 Å². The first-order valence-corrected chi connectivity index (χ1v) is 12.4. The minimum atomic E-state index is -0.641. The molecular formula is C29H31ClN4O2. The highest BCUT2D eigenvalue weighted by atomic mass is 35.5. The maximum atomic E-state index is 12.7. The Morgan fingerprint density at radius 1 is 1.11 bits per heavy atom. The Labute approximate surface area is 218 Å². The molecule has 0 bridgehead atoms. The fraction of sp³-hybridized carbons (Fsp3) is 0.448. The molecule has 0 radical (unpaired) electrons. The highest BCUT2D eigenvalue weighted by molar-refractivity contribution is 6.34. The highest BCUT2D eigenvalue weighted by Gasteiger charge is 2.24. The summed E-state index contributed by atoms with van der Waals surface area (Å²) in [6.45, 7) is 8.34. The minimum Gasteiger partial charge on any atom is -0.367 e. The van der Waals surface area contributed by atoms with Crippen molar-refractivity contribution in [2.45, 2.75) is 84.5 Å². The molecule has 0 aromatic carbocycles. The lowest BCUT2D eigenvalue weighted by atomic mass is 9.92. The van der Waals surface area contributed by atoms with Gasteiger partial charge in [0.05, 0.1) is 11.3 Å². The molecule has 0 aliphatic heterocycles. The number of unbranched alkanes of at least 4 members (excludes halogenated alkanes) is 6. The van der Waals surface area contributed by atoms with Crippen molar-refractivity contribution >= 4 is 23.2 Å². The molecule has 0 amide bonds. The van der Waals surface area contributed by atoms with Crippen LogP contribution in [0.3, 0.4) is 0 Å². The molecule has 0 aliphatic rings. The Morgan fingerprint density at radius 3 is 2.50 bits per heavy atom. The summed E-state index contributed by atoms with van der Waals surface area (Å²) in [5.41, 5.74) is 4.47. The number of nitrogens with one attached hydrogen (secondary N) is 1. The lowest BCUT2D eigenvalue weighted by molar-refractivity contribution is -0.132. The van der Waals surface area contributed by atoms with E-state index in [1.807, 2.05) is 26.8 Å². The van der Waals surface area contributed by atoms with Crippen LogP contribution in [0.4, 0.5) is 0 Å². The number of aromatic amines is 1. The monoisotopic (exact) mass is 502 g/mol. The van der Waals surface area contributed by atoms with Gasteiger partial charge >= 0.3 is 5.97 Å². The van der Waals surface area contributed by atoms with E-state index in [1.165, 1.54) is 30.3 Å². The number of hydrogen-bond acceptors (Lipinski definition) is 4. The zero-order chi connectivity index (χ0) is 26.4. The standard InChI is InChI=1S/C29H31ClN4O2/c1-6-8-10-12-14-15-16-18-20-23(28(35)36-21-19-17-13-11-9-7-2)22-24-31-27-25(30)26(29(3,4)5)33-34(27)32-24/h2,18,33H,6,8,10,12,14-16,22H2,1,3-5H3. The van der Waals surface area contributed by atoms with Gasteiger partial charge in [0.2, 0.25) is 0 Å². The molecule has 7 heteroatoms. The second-order valence-corrected chi connectivity index (χ2v) is 9.51. The molecule has 1 N–H and O–H groups in total. The number of H-pyrrole nitrogens is 1. The summed E-state index contributed by atoms with van der Waals surface area (Å²) in [4.78, 5) is 17.2. The van der Waals surface area contributed by atoms with Crippen molar-refractivity contribution in [2.75, 3.05) is 0 Å². The molecule has 36 heavy (non-hydrogen) atoms. The first-order valence-electron chi connectivity index (χ1n) is 12.0. The number of hydrogen-bond donors (Lipinski definition) is 1. The zero-order valence-corrected chi connectivity index (χ0v) is 22.1. The van der Waals surface area contributed by atoms with Crippen molar-refractivity contribution in [3.63, 3.8) is 0 Å². The highest BCUT2D eigenvalue weighted by Crippen LogP contribution is 2.30. The summed E-state index contributed by atoms with van der Waals surface area (Å²) in [6.07, 6.45) is 17.2. The number of fused-ring (bicyclic) bond motifs is 1. The SMILES string of the molecule is C#CC#CC#CC#COC(=O)C(=C=CCCCCCCCC)Cc1nc2c(Cl)c(C(C)(C)C)[nH]n2n1. The van der Waals surface area contributed by atoms with Gasteiger partial charge in [-0.3, -0.25) is 5.10 Å². The first kappa shape index (κ1) is 28.4. The number of carbonyl (C=O) groups is 1. The van der Waals surface area contributed by atoms with E-state index in [4.69, 9.17) is 22.8 Å². The molecule has 2 aromatic rings. The van der Waals surface area contributed by atoms with E-state index in [2.05, 4.69) is 69.5 Å². The molecule has 186 valence electrons. The normalized spacial score (nSPS) is 10.0. The van der Waals surface area contributed by atoms with Gasteiger partial charge in [-0.2, -0.15) is 4.63 Å².